The normalized spacial score (nSPS) is 14.7. The van der Waals surface area contributed by atoms with E-state index >= 15 is 0 Å². The van der Waals surface area contributed by atoms with Crippen LogP contribution >= 0.6 is 0 Å². The van der Waals surface area contributed by atoms with Crippen molar-refractivity contribution in [2.45, 2.75) is 32.8 Å². The number of nitrogens with one attached hydrogen (secondary N) is 1. The van der Waals surface area contributed by atoms with Gasteiger partial charge in [0.25, 0.3) is 5.91 Å². The summed E-state index contributed by atoms with van der Waals surface area (Å²) in [5, 5.41) is 2.72. The first-order valence-electron chi connectivity index (χ1n) is 8.93. The zero-order valence-electron chi connectivity index (χ0n) is 15.4. The molecule has 2 aromatic carbocycles. The molecule has 2 aromatic rings. The Bertz CT molecular complexity index is 861. The summed E-state index contributed by atoms with van der Waals surface area (Å²) in [5.74, 6) is -1.06. The van der Waals surface area contributed by atoms with E-state index in [1.165, 1.54) is 6.92 Å². The Hall–Kier alpha value is -3.15. The standard InChI is InChI=1S/C21H22N2O4/c1-14-9-11-16(12-10-14)22-20(25)15(2)27-21(26)17-6-3-4-7-18(17)23-13-5-8-19(23)24/h3-4,6-7,9-12,15H,5,8,13H2,1-2H3,(H,22,25)/t15-/m1/s1. The number of esters is 1. The predicted octanol–water partition coefficient (Wildman–Crippen LogP) is 3.31. The first kappa shape index (κ1) is 18.6. The number of carbonyl (C=O) groups excluding carboxylic acids is 3. The van der Waals surface area contributed by atoms with Gasteiger partial charge in [0.1, 0.15) is 0 Å². The molecule has 1 heterocycles. The maximum absolute atomic E-state index is 12.6. The molecule has 0 radical (unpaired) electrons. The zero-order chi connectivity index (χ0) is 19.4. The van der Waals surface area contributed by atoms with E-state index in [1.807, 2.05) is 19.1 Å². The molecule has 0 bridgehead atoms. The minimum Gasteiger partial charge on any atom is -0.449 e. The lowest BCUT2D eigenvalue weighted by molar-refractivity contribution is -0.123. The summed E-state index contributed by atoms with van der Waals surface area (Å²) in [6.45, 7) is 4.05. The van der Waals surface area contributed by atoms with Crippen LogP contribution in [0.2, 0.25) is 0 Å². The second kappa shape index (κ2) is 8.03. The fourth-order valence-electron chi connectivity index (χ4n) is 2.94. The van der Waals surface area contributed by atoms with E-state index in [9.17, 15) is 14.4 Å². The van der Waals surface area contributed by atoms with Crippen molar-refractivity contribution in [2.24, 2.45) is 0 Å². The second-order valence-corrected chi connectivity index (χ2v) is 6.57. The fraction of sp³-hybridized carbons (Fsp3) is 0.286. The number of aryl methyl sites for hydroxylation is 1. The monoisotopic (exact) mass is 366 g/mol. The largest absolute Gasteiger partial charge is 0.449 e. The van der Waals surface area contributed by atoms with Gasteiger partial charge in [-0.1, -0.05) is 29.8 Å². The molecule has 0 spiro atoms. The average Bonchev–Trinajstić information content (AvgIpc) is 3.09. The molecular weight excluding hydrogens is 344 g/mol. The summed E-state index contributed by atoms with van der Waals surface area (Å²) in [6.07, 6.45) is 0.261. The summed E-state index contributed by atoms with van der Waals surface area (Å²) in [6, 6.07) is 14.1. The van der Waals surface area contributed by atoms with Crippen molar-refractivity contribution >= 4 is 29.2 Å². The molecule has 1 fully saturated rings. The van der Waals surface area contributed by atoms with Crippen LogP contribution in [0.25, 0.3) is 0 Å². The Morgan fingerprint density at radius 1 is 1.11 bits per heavy atom. The highest BCUT2D eigenvalue weighted by molar-refractivity contribution is 6.04. The number of amides is 2. The van der Waals surface area contributed by atoms with Gasteiger partial charge >= 0.3 is 5.97 Å². The molecule has 0 aliphatic carbocycles. The van der Waals surface area contributed by atoms with Crippen molar-refractivity contribution < 1.29 is 19.1 Å². The lowest BCUT2D eigenvalue weighted by atomic mass is 10.1. The number of rotatable bonds is 5. The molecule has 0 aromatic heterocycles. The minimum atomic E-state index is -0.971. The zero-order valence-corrected chi connectivity index (χ0v) is 15.4. The molecular formula is C21H22N2O4. The number of ether oxygens (including phenoxy) is 1. The van der Waals surface area contributed by atoms with Gasteiger partial charge < -0.3 is 15.0 Å². The molecule has 0 saturated carbocycles. The van der Waals surface area contributed by atoms with E-state index in [0.29, 0.717) is 24.3 Å². The van der Waals surface area contributed by atoms with Crippen LogP contribution < -0.4 is 10.2 Å². The number of anilines is 2. The van der Waals surface area contributed by atoms with Crippen LogP contribution in [0.1, 0.15) is 35.7 Å². The SMILES string of the molecule is Cc1ccc(NC(=O)[C@@H](C)OC(=O)c2ccccc2N2CCCC2=O)cc1. The number of para-hydroxylation sites is 1. The van der Waals surface area contributed by atoms with Crippen LogP contribution in [-0.2, 0) is 14.3 Å². The highest BCUT2D eigenvalue weighted by Gasteiger charge is 2.27. The Kier molecular flexibility index (Phi) is 5.54. The summed E-state index contributed by atoms with van der Waals surface area (Å²) in [7, 11) is 0. The van der Waals surface area contributed by atoms with E-state index in [-0.39, 0.29) is 11.5 Å². The Balaban J connectivity index is 1.69. The number of carbonyl (C=O) groups is 3. The molecule has 140 valence electrons. The first-order chi connectivity index (χ1) is 13.0. The fourth-order valence-corrected chi connectivity index (χ4v) is 2.94. The summed E-state index contributed by atoms with van der Waals surface area (Å²) >= 11 is 0. The molecule has 6 heteroatoms. The third kappa shape index (κ3) is 4.34. The maximum atomic E-state index is 12.6. The second-order valence-electron chi connectivity index (χ2n) is 6.57. The number of benzene rings is 2. The van der Waals surface area contributed by atoms with Crippen molar-refractivity contribution in [1.82, 2.24) is 0 Å². The third-order valence-electron chi connectivity index (χ3n) is 4.46. The van der Waals surface area contributed by atoms with E-state index in [0.717, 1.165) is 12.0 Å². The van der Waals surface area contributed by atoms with Crippen LogP contribution in [-0.4, -0.2) is 30.4 Å². The van der Waals surface area contributed by atoms with Gasteiger partial charge in [0.15, 0.2) is 6.10 Å². The highest BCUT2D eigenvalue weighted by atomic mass is 16.5. The van der Waals surface area contributed by atoms with Gasteiger partial charge in [-0.2, -0.15) is 0 Å². The van der Waals surface area contributed by atoms with Crippen molar-refractivity contribution in [3.8, 4) is 0 Å². The van der Waals surface area contributed by atoms with Gasteiger partial charge in [-0.15, -0.1) is 0 Å². The van der Waals surface area contributed by atoms with Gasteiger partial charge in [-0.25, -0.2) is 4.79 Å². The van der Waals surface area contributed by atoms with Gasteiger partial charge in [0.2, 0.25) is 5.91 Å². The van der Waals surface area contributed by atoms with E-state index in [2.05, 4.69) is 5.32 Å². The molecule has 0 unspecified atom stereocenters. The molecule has 1 aliphatic heterocycles. The molecule has 27 heavy (non-hydrogen) atoms. The predicted molar refractivity (Wildman–Crippen MR) is 103 cm³/mol. The van der Waals surface area contributed by atoms with Crippen LogP contribution in [0, 0.1) is 6.92 Å². The van der Waals surface area contributed by atoms with Crippen LogP contribution in [0.15, 0.2) is 48.5 Å². The topological polar surface area (TPSA) is 75.7 Å². The third-order valence-corrected chi connectivity index (χ3v) is 4.46. The van der Waals surface area contributed by atoms with Gasteiger partial charge in [-0.05, 0) is 44.5 Å². The molecule has 1 atom stereocenters. The maximum Gasteiger partial charge on any atom is 0.341 e. The Morgan fingerprint density at radius 3 is 2.48 bits per heavy atom. The summed E-state index contributed by atoms with van der Waals surface area (Å²) in [5.41, 5.74) is 2.52. The van der Waals surface area contributed by atoms with E-state index < -0.39 is 18.0 Å². The van der Waals surface area contributed by atoms with Crippen LogP contribution in [0.3, 0.4) is 0 Å². The molecule has 2 amide bonds. The first-order valence-corrected chi connectivity index (χ1v) is 8.93. The Labute approximate surface area is 158 Å². The van der Waals surface area contributed by atoms with Crippen molar-refractivity contribution in [3.63, 3.8) is 0 Å². The lowest BCUT2D eigenvalue weighted by Gasteiger charge is -2.20. The number of nitrogens with zero attached hydrogens (tertiary/aromatic N) is 1. The van der Waals surface area contributed by atoms with Crippen LogP contribution in [0.5, 0.6) is 0 Å². The Morgan fingerprint density at radius 2 is 1.81 bits per heavy atom. The number of hydrogen-bond donors (Lipinski definition) is 1. The molecule has 6 nitrogen and oxygen atoms in total. The summed E-state index contributed by atoms with van der Waals surface area (Å²) < 4.78 is 5.34. The van der Waals surface area contributed by atoms with E-state index in [4.69, 9.17) is 4.74 Å². The molecule has 1 N–H and O–H groups in total. The lowest BCUT2D eigenvalue weighted by Crippen LogP contribution is -2.31. The van der Waals surface area contributed by atoms with Crippen molar-refractivity contribution in [2.75, 3.05) is 16.8 Å². The van der Waals surface area contributed by atoms with Crippen LogP contribution in [0.4, 0.5) is 11.4 Å². The van der Waals surface area contributed by atoms with Gasteiger partial charge in [0, 0.05) is 18.7 Å². The quantitative estimate of drug-likeness (QED) is 0.824. The highest BCUT2D eigenvalue weighted by Crippen LogP contribution is 2.26. The van der Waals surface area contributed by atoms with Gasteiger partial charge in [0.05, 0.1) is 11.3 Å². The summed E-state index contributed by atoms with van der Waals surface area (Å²) in [4.78, 5) is 38.5. The average molecular weight is 366 g/mol. The molecule has 1 aliphatic rings. The molecule has 1 saturated heterocycles. The van der Waals surface area contributed by atoms with Crippen molar-refractivity contribution in [1.29, 1.82) is 0 Å². The minimum absolute atomic E-state index is 0.0135. The number of hydrogen-bond acceptors (Lipinski definition) is 4. The van der Waals surface area contributed by atoms with E-state index in [1.54, 1.807) is 41.3 Å². The van der Waals surface area contributed by atoms with Gasteiger partial charge in [-0.3, -0.25) is 9.59 Å². The smallest absolute Gasteiger partial charge is 0.341 e. The van der Waals surface area contributed by atoms with Crippen molar-refractivity contribution in [3.05, 3.63) is 59.7 Å². The molecule has 3 rings (SSSR count).